The normalized spacial score (nSPS) is 16.9. The van der Waals surface area contributed by atoms with E-state index in [0.717, 1.165) is 25.5 Å². The van der Waals surface area contributed by atoms with Crippen LogP contribution in [0.4, 0.5) is 5.82 Å². The number of hydrogen-bond acceptors (Lipinski definition) is 3. The molecule has 3 rings (SSSR count). The second kappa shape index (κ2) is 6.47. The molecule has 0 bridgehead atoms. The van der Waals surface area contributed by atoms with Crippen LogP contribution in [0.15, 0.2) is 55.3 Å². The van der Waals surface area contributed by atoms with Gasteiger partial charge in [0.05, 0.1) is 6.20 Å². The van der Waals surface area contributed by atoms with Crippen LogP contribution in [0, 0.1) is 5.92 Å². The molecule has 2 aromatic rings. The maximum Gasteiger partial charge on any atom is 0.243 e. The molecule has 5 heteroatoms. The fourth-order valence-corrected chi connectivity index (χ4v) is 2.84. The van der Waals surface area contributed by atoms with E-state index in [9.17, 15) is 4.79 Å². The molecule has 0 saturated heterocycles. The van der Waals surface area contributed by atoms with Crippen molar-refractivity contribution in [3.05, 3.63) is 60.8 Å². The number of benzene rings is 1. The molecule has 1 aromatic heterocycles. The first kappa shape index (κ1) is 14.4. The number of carbonyl (C=O) groups excluding carboxylic acids is 1. The Bertz CT molecular complexity index is 650. The lowest BCUT2D eigenvalue weighted by molar-refractivity contribution is -0.116. The molecule has 0 saturated carbocycles. The van der Waals surface area contributed by atoms with Gasteiger partial charge in [0, 0.05) is 38.2 Å². The Morgan fingerprint density at radius 2 is 2.14 bits per heavy atom. The number of aromatic nitrogens is 2. The number of nitrogens with one attached hydrogen (secondary N) is 1. The van der Waals surface area contributed by atoms with Crippen molar-refractivity contribution >= 4 is 11.7 Å². The van der Waals surface area contributed by atoms with Crippen molar-refractivity contribution in [2.75, 3.05) is 18.0 Å². The van der Waals surface area contributed by atoms with Gasteiger partial charge in [-0.05, 0) is 11.6 Å². The Balaban J connectivity index is 1.72. The molecule has 5 nitrogen and oxygen atoms in total. The highest BCUT2D eigenvalue weighted by Gasteiger charge is 2.25. The Hall–Kier alpha value is -2.56. The minimum Gasteiger partial charge on any atom is -0.352 e. The number of carbonyl (C=O) groups is 1. The molecule has 1 aliphatic rings. The van der Waals surface area contributed by atoms with Crippen LogP contribution in [0.3, 0.4) is 0 Å². The van der Waals surface area contributed by atoms with Gasteiger partial charge in [0.1, 0.15) is 5.82 Å². The van der Waals surface area contributed by atoms with Crippen LogP contribution in [0.25, 0.3) is 0 Å². The first-order valence-electron chi connectivity index (χ1n) is 7.47. The maximum atomic E-state index is 11.4. The zero-order chi connectivity index (χ0) is 15.4. The van der Waals surface area contributed by atoms with Crippen molar-refractivity contribution in [2.45, 2.75) is 13.1 Å². The number of anilines is 1. The van der Waals surface area contributed by atoms with E-state index < -0.39 is 0 Å². The lowest BCUT2D eigenvalue weighted by Gasteiger charge is -2.35. The highest BCUT2D eigenvalue weighted by atomic mass is 16.1. The van der Waals surface area contributed by atoms with Gasteiger partial charge in [0.2, 0.25) is 5.91 Å². The smallest absolute Gasteiger partial charge is 0.243 e. The molecule has 22 heavy (non-hydrogen) atoms. The van der Waals surface area contributed by atoms with Gasteiger partial charge in [-0.25, -0.2) is 4.68 Å². The average molecular weight is 296 g/mol. The summed E-state index contributed by atoms with van der Waals surface area (Å²) < 4.78 is 2.01. The molecule has 1 aliphatic heterocycles. The van der Waals surface area contributed by atoms with Crippen LogP contribution in [-0.4, -0.2) is 28.8 Å². The van der Waals surface area contributed by atoms with E-state index in [4.69, 9.17) is 0 Å². The summed E-state index contributed by atoms with van der Waals surface area (Å²) >= 11 is 0. The Morgan fingerprint density at radius 1 is 1.32 bits per heavy atom. The van der Waals surface area contributed by atoms with Crippen molar-refractivity contribution in [1.82, 2.24) is 15.1 Å². The molecule has 0 fully saturated rings. The van der Waals surface area contributed by atoms with Gasteiger partial charge in [-0.15, -0.1) is 0 Å². The average Bonchev–Trinajstić information content (AvgIpc) is 3.02. The third-order valence-electron chi connectivity index (χ3n) is 3.89. The lowest BCUT2D eigenvalue weighted by Crippen LogP contribution is -2.43. The second-order valence-electron chi connectivity index (χ2n) is 5.55. The van der Waals surface area contributed by atoms with Crippen LogP contribution < -0.4 is 10.2 Å². The van der Waals surface area contributed by atoms with Gasteiger partial charge in [-0.1, -0.05) is 36.9 Å². The zero-order valence-electron chi connectivity index (χ0n) is 12.5. The molecule has 0 radical (unpaired) electrons. The first-order valence-corrected chi connectivity index (χ1v) is 7.47. The molecule has 1 unspecified atom stereocenters. The molecular formula is C17H20N4O. The fraction of sp³-hybridized carbons (Fsp3) is 0.294. The summed E-state index contributed by atoms with van der Waals surface area (Å²) in [5.74, 6) is 1.34. The summed E-state index contributed by atoms with van der Waals surface area (Å²) in [7, 11) is 0. The standard InChI is InChI=1S/C17H20N4O/c1-2-16(22)18-10-15-12-20(11-14-6-4-3-5-7-14)17-8-9-19-21(17)13-15/h2-9,15H,1,10-13H2,(H,18,22). The van der Waals surface area contributed by atoms with Crippen molar-refractivity contribution in [2.24, 2.45) is 5.92 Å². The van der Waals surface area contributed by atoms with Crippen LogP contribution in [0.1, 0.15) is 5.56 Å². The van der Waals surface area contributed by atoms with E-state index in [1.54, 1.807) is 0 Å². The Kier molecular flexibility index (Phi) is 4.23. The summed E-state index contributed by atoms with van der Waals surface area (Å²) in [5.41, 5.74) is 1.27. The quantitative estimate of drug-likeness (QED) is 0.856. The zero-order valence-corrected chi connectivity index (χ0v) is 12.5. The van der Waals surface area contributed by atoms with E-state index >= 15 is 0 Å². The molecule has 1 amide bonds. The van der Waals surface area contributed by atoms with E-state index in [2.05, 4.69) is 46.2 Å². The largest absolute Gasteiger partial charge is 0.352 e. The highest BCUT2D eigenvalue weighted by molar-refractivity contribution is 5.86. The maximum absolute atomic E-state index is 11.4. The van der Waals surface area contributed by atoms with Gasteiger partial charge in [0.25, 0.3) is 0 Å². The van der Waals surface area contributed by atoms with E-state index in [-0.39, 0.29) is 5.91 Å². The van der Waals surface area contributed by atoms with Gasteiger partial charge >= 0.3 is 0 Å². The summed E-state index contributed by atoms with van der Waals surface area (Å²) in [6, 6.07) is 12.4. The van der Waals surface area contributed by atoms with Gasteiger partial charge in [-0.3, -0.25) is 4.79 Å². The molecule has 1 N–H and O–H groups in total. The summed E-state index contributed by atoms with van der Waals surface area (Å²) in [5, 5.41) is 7.27. The summed E-state index contributed by atoms with van der Waals surface area (Å²) in [6.07, 6.45) is 3.14. The Morgan fingerprint density at radius 3 is 2.91 bits per heavy atom. The molecule has 0 spiro atoms. The highest BCUT2D eigenvalue weighted by Crippen LogP contribution is 2.24. The molecular weight excluding hydrogens is 276 g/mol. The van der Waals surface area contributed by atoms with E-state index in [1.807, 2.05) is 23.0 Å². The second-order valence-corrected chi connectivity index (χ2v) is 5.55. The van der Waals surface area contributed by atoms with Crippen molar-refractivity contribution < 1.29 is 4.79 Å². The molecule has 1 atom stereocenters. The minimum absolute atomic E-state index is 0.124. The van der Waals surface area contributed by atoms with Crippen molar-refractivity contribution in [3.8, 4) is 0 Å². The SMILES string of the molecule is C=CC(=O)NCC1CN(Cc2ccccc2)c2ccnn2C1. The third-order valence-corrected chi connectivity index (χ3v) is 3.89. The number of amides is 1. The van der Waals surface area contributed by atoms with Crippen LogP contribution >= 0.6 is 0 Å². The minimum atomic E-state index is -0.124. The van der Waals surface area contributed by atoms with Crippen LogP contribution in [0.2, 0.25) is 0 Å². The monoisotopic (exact) mass is 296 g/mol. The number of hydrogen-bond donors (Lipinski definition) is 1. The Labute approximate surface area is 130 Å². The third kappa shape index (κ3) is 3.19. The number of rotatable bonds is 5. The number of fused-ring (bicyclic) bond motifs is 1. The first-order chi connectivity index (χ1) is 10.8. The van der Waals surface area contributed by atoms with Gasteiger partial charge in [-0.2, -0.15) is 5.10 Å². The topological polar surface area (TPSA) is 50.2 Å². The van der Waals surface area contributed by atoms with Crippen LogP contribution in [0.5, 0.6) is 0 Å². The predicted octanol–water partition coefficient (Wildman–Crippen LogP) is 1.82. The molecule has 1 aromatic carbocycles. The summed E-state index contributed by atoms with van der Waals surface area (Å²) in [4.78, 5) is 13.7. The predicted molar refractivity (Wildman–Crippen MR) is 86.4 cm³/mol. The van der Waals surface area contributed by atoms with E-state index in [0.29, 0.717) is 12.5 Å². The van der Waals surface area contributed by atoms with Crippen molar-refractivity contribution in [3.63, 3.8) is 0 Å². The molecule has 114 valence electrons. The van der Waals surface area contributed by atoms with Gasteiger partial charge in [0.15, 0.2) is 0 Å². The molecule has 2 heterocycles. The number of nitrogens with zero attached hydrogens (tertiary/aromatic N) is 3. The van der Waals surface area contributed by atoms with Crippen LogP contribution in [-0.2, 0) is 17.9 Å². The fourth-order valence-electron chi connectivity index (χ4n) is 2.84. The molecule has 0 aliphatic carbocycles. The van der Waals surface area contributed by atoms with E-state index in [1.165, 1.54) is 11.6 Å². The van der Waals surface area contributed by atoms with Gasteiger partial charge < -0.3 is 10.2 Å². The summed E-state index contributed by atoms with van der Waals surface area (Å²) in [6.45, 7) is 6.69. The van der Waals surface area contributed by atoms with Crippen molar-refractivity contribution in [1.29, 1.82) is 0 Å². The lowest BCUT2D eigenvalue weighted by atomic mass is 10.1.